The SMILES string of the molecule is [CH2]N1CCNCC1.[H+]. The van der Waals surface area contributed by atoms with Crippen molar-refractivity contribution in [1.29, 1.82) is 0 Å². The second kappa shape index (κ2) is 2.28. The lowest BCUT2D eigenvalue weighted by Crippen LogP contribution is -2.39. The highest BCUT2D eigenvalue weighted by Crippen LogP contribution is 1.85. The van der Waals surface area contributed by atoms with Gasteiger partial charge in [-0.15, -0.1) is 0 Å². The highest BCUT2D eigenvalue weighted by atomic mass is 15.2. The molecule has 1 aliphatic rings. The van der Waals surface area contributed by atoms with Crippen LogP contribution in [0, 0.1) is 7.05 Å². The van der Waals surface area contributed by atoms with E-state index in [1.807, 2.05) is 0 Å². The number of piperazine rings is 1. The van der Waals surface area contributed by atoms with Gasteiger partial charge in [-0.05, 0) is 0 Å². The van der Waals surface area contributed by atoms with E-state index < -0.39 is 0 Å². The smallest absolute Gasteiger partial charge is 0.314 e. The van der Waals surface area contributed by atoms with Crippen LogP contribution in [-0.4, -0.2) is 31.1 Å². The average Bonchev–Trinajstić information content (AvgIpc) is 1.69. The first-order valence-electron chi connectivity index (χ1n) is 2.66. The summed E-state index contributed by atoms with van der Waals surface area (Å²) in [6.07, 6.45) is 0. The van der Waals surface area contributed by atoms with Crippen LogP contribution in [0.25, 0.3) is 0 Å². The highest BCUT2D eigenvalue weighted by molar-refractivity contribution is 4.64. The van der Waals surface area contributed by atoms with Crippen molar-refractivity contribution in [3.05, 3.63) is 7.05 Å². The third-order valence-corrected chi connectivity index (χ3v) is 1.21. The molecule has 7 heavy (non-hydrogen) atoms. The molecule has 1 N–H and O–H groups in total. The summed E-state index contributed by atoms with van der Waals surface area (Å²) >= 11 is 0. The van der Waals surface area contributed by atoms with Gasteiger partial charge in [0.2, 0.25) is 0 Å². The van der Waals surface area contributed by atoms with Crippen molar-refractivity contribution in [1.82, 2.24) is 10.2 Å². The van der Waals surface area contributed by atoms with E-state index in [2.05, 4.69) is 17.3 Å². The zero-order valence-electron chi connectivity index (χ0n) is 5.48. The molecule has 1 heterocycles. The Morgan fingerprint density at radius 3 is 2.29 bits per heavy atom. The van der Waals surface area contributed by atoms with Crippen molar-refractivity contribution < 1.29 is 1.43 Å². The fourth-order valence-electron chi connectivity index (χ4n) is 0.711. The van der Waals surface area contributed by atoms with E-state index in [0.29, 0.717) is 0 Å². The third kappa shape index (κ3) is 1.45. The minimum absolute atomic E-state index is 0. The topological polar surface area (TPSA) is 15.3 Å². The highest BCUT2D eigenvalue weighted by Gasteiger charge is 2.01. The second-order valence-electron chi connectivity index (χ2n) is 1.87. The molecule has 0 amide bonds. The fraction of sp³-hybridized carbons (Fsp3) is 0.800. The Morgan fingerprint density at radius 2 is 2.00 bits per heavy atom. The van der Waals surface area contributed by atoms with Gasteiger partial charge in [0.25, 0.3) is 0 Å². The van der Waals surface area contributed by atoms with Gasteiger partial charge in [0, 0.05) is 33.2 Å². The minimum atomic E-state index is 0. The molecule has 0 aromatic carbocycles. The molecule has 0 aromatic rings. The Morgan fingerprint density at radius 1 is 1.43 bits per heavy atom. The Bertz CT molecular complexity index is 52.4. The van der Waals surface area contributed by atoms with E-state index in [-0.39, 0.29) is 1.43 Å². The molecule has 0 aliphatic carbocycles. The molecule has 0 saturated carbocycles. The van der Waals surface area contributed by atoms with Crippen LogP contribution in [0.2, 0.25) is 0 Å². The molecule has 1 radical (unpaired) electrons. The van der Waals surface area contributed by atoms with Crippen molar-refractivity contribution in [2.45, 2.75) is 0 Å². The lowest BCUT2D eigenvalue weighted by atomic mass is 10.4. The van der Waals surface area contributed by atoms with E-state index in [1.165, 1.54) is 0 Å². The summed E-state index contributed by atoms with van der Waals surface area (Å²) < 4.78 is 0. The number of rotatable bonds is 0. The van der Waals surface area contributed by atoms with Gasteiger partial charge in [0.1, 0.15) is 0 Å². The third-order valence-electron chi connectivity index (χ3n) is 1.21. The Balaban J connectivity index is 0.000000490. The molecule has 2 heteroatoms. The summed E-state index contributed by atoms with van der Waals surface area (Å²) in [5.74, 6) is 0. The molecular weight excluding hydrogens is 88.1 g/mol. The standard InChI is InChI=1S/C5H11N2/c1-7-4-2-6-3-5-7/h6H,1-5H2/p+1. The van der Waals surface area contributed by atoms with Crippen molar-refractivity contribution in [2.75, 3.05) is 26.2 Å². The summed E-state index contributed by atoms with van der Waals surface area (Å²) in [7, 11) is 3.79. The van der Waals surface area contributed by atoms with Gasteiger partial charge in [-0.25, -0.2) is 0 Å². The lowest BCUT2D eigenvalue weighted by molar-refractivity contribution is 0.320. The van der Waals surface area contributed by atoms with Crippen LogP contribution in [0.4, 0.5) is 0 Å². The van der Waals surface area contributed by atoms with Gasteiger partial charge in [-0.2, -0.15) is 0 Å². The van der Waals surface area contributed by atoms with Gasteiger partial charge in [-0.3, -0.25) is 4.90 Å². The summed E-state index contributed by atoms with van der Waals surface area (Å²) in [5, 5.41) is 3.23. The molecule has 0 spiro atoms. The van der Waals surface area contributed by atoms with E-state index in [4.69, 9.17) is 0 Å². The van der Waals surface area contributed by atoms with Gasteiger partial charge >= 0.3 is 1.43 Å². The molecule has 1 rings (SSSR count). The monoisotopic (exact) mass is 100 g/mol. The molecule has 2 nitrogen and oxygen atoms in total. The maximum atomic E-state index is 3.79. The summed E-state index contributed by atoms with van der Waals surface area (Å²) in [6.45, 7) is 4.40. The maximum Gasteiger partial charge on any atom is 1.00 e. The second-order valence-corrected chi connectivity index (χ2v) is 1.87. The van der Waals surface area contributed by atoms with Crippen molar-refractivity contribution in [3.8, 4) is 0 Å². The Hall–Kier alpha value is -0.0800. The number of nitrogens with zero attached hydrogens (tertiary/aromatic N) is 1. The first-order chi connectivity index (χ1) is 3.39. The quantitative estimate of drug-likeness (QED) is 0.453. The maximum absolute atomic E-state index is 3.79. The van der Waals surface area contributed by atoms with E-state index in [9.17, 15) is 0 Å². The van der Waals surface area contributed by atoms with Gasteiger partial charge < -0.3 is 5.32 Å². The van der Waals surface area contributed by atoms with Gasteiger partial charge in [0.05, 0.1) is 0 Å². The van der Waals surface area contributed by atoms with Crippen molar-refractivity contribution in [3.63, 3.8) is 0 Å². The largest absolute Gasteiger partial charge is 1.00 e. The molecule has 1 saturated heterocycles. The van der Waals surface area contributed by atoms with Crippen molar-refractivity contribution >= 4 is 0 Å². The predicted octanol–water partition coefficient (Wildman–Crippen LogP) is -0.204. The predicted molar refractivity (Wildman–Crippen MR) is 30.9 cm³/mol. The number of hydrogen-bond acceptors (Lipinski definition) is 2. The molecule has 1 fully saturated rings. The molecule has 41 valence electrons. The number of hydrogen-bond donors (Lipinski definition) is 1. The molecular formula is C5H12N2+. The van der Waals surface area contributed by atoms with Gasteiger partial charge in [-0.1, -0.05) is 0 Å². The van der Waals surface area contributed by atoms with Gasteiger partial charge in [0.15, 0.2) is 0 Å². The Kier molecular flexibility index (Phi) is 1.65. The first-order valence-corrected chi connectivity index (χ1v) is 2.66. The minimum Gasteiger partial charge on any atom is -0.314 e. The van der Waals surface area contributed by atoms with Crippen molar-refractivity contribution in [2.24, 2.45) is 0 Å². The van der Waals surface area contributed by atoms with Crippen LogP contribution in [0.3, 0.4) is 0 Å². The molecule has 1 aliphatic heterocycles. The average molecular weight is 100 g/mol. The van der Waals surface area contributed by atoms with Crippen LogP contribution in [0.5, 0.6) is 0 Å². The van der Waals surface area contributed by atoms with E-state index in [1.54, 1.807) is 0 Å². The molecule has 0 aromatic heterocycles. The van der Waals surface area contributed by atoms with Crippen LogP contribution in [0.1, 0.15) is 1.43 Å². The summed E-state index contributed by atoms with van der Waals surface area (Å²) in [5.41, 5.74) is 0. The zero-order chi connectivity index (χ0) is 5.11. The lowest BCUT2D eigenvalue weighted by Gasteiger charge is -2.21. The zero-order valence-corrected chi connectivity index (χ0v) is 4.48. The molecule has 0 bridgehead atoms. The van der Waals surface area contributed by atoms with E-state index >= 15 is 0 Å². The van der Waals surface area contributed by atoms with Crippen LogP contribution < -0.4 is 5.32 Å². The van der Waals surface area contributed by atoms with Crippen LogP contribution in [0.15, 0.2) is 0 Å². The molecule has 0 atom stereocenters. The molecule has 0 unspecified atom stereocenters. The Labute approximate surface area is 46.0 Å². The fourth-order valence-corrected chi connectivity index (χ4v) is 0.711. The van der Waals surface area contributed by atoms with E-state index in [0.717, 1.165) is 26.2 Å². The number of nitrogens with one attached hydrogen (secondary N) is 1. The summed E-state index contributed by atoms with van der Waals surface area (Å²) in [6, 6.07) is 0. The first kappa shape index (κ1) is 5.06. The normalized spacial score (nSPS) is 25.3. The van der Waals surface area contributed by atoms with Crippen LogP contribution >= 0.6 is 0 Å². The van der Waals surface area contributed by atoms with Crippen LogP contribution in [-0.2, 0) is 0 Å². The summed E-state index contributed by atoms with van der Waals surface area (Å²) in [4.78, 5) is 2.08.